The van der Waals surface area contributed by atoms with Crippen molar-refractivity contribution in [3.05, 3.63) is 70.5 Å². The lowest BCUT2D eigenvalue weighted by molar-refractivity contribution is -0.119. The van der Waals surface area contributed by atoms with Gasteiger partial charge in [-0.25, -0.2) is 14.0 Å². The zero-order chi connectivity index (χ0) is 16.4. The Balaban J connectivity index is 1.76. The smallest absolute Gasteiger partial charge is 0.357 e. The predicted octanol–water partition coefficient (Wildman–Crippen LogP) is 2.65. The Hall–Kier alpha value is -2.73. The molecule has 3 rings (SSSR count). The molecular weight excluding hydrogens is 301 g/mol. The van der Waals surface area contributed by atoms with Gasteiger partial charge in [0.15, 0.2) is 0 Å². The molecule has 2 aromatic rings. The summed E-state index contributed by atoms with van der Waals surface area (Å²) in [5.74, 6) is -2.54. The molecule has 0 radical (unpaired) electrons. The van der Waals surface area contributed by atoms with E-state index in [-0.39, 0.29) is 12.1 Å². The highest BCUT2D eigenvalue weighted by Crippen LogP contribution is 2.23. The first-order chi connectivity index (χ1) is 11.0. The second-order valence-electron chi connectivity index (χ2n) is 5.26. The lowest BCUT2D eigenvalue weighted by Gasteiger charge is -2.27. The molecule has 1 heterocycles. The normalized spacial score (nSPS) is 14.1. The standard InChI is InChI=1S/C17H14FNO4/c18-15-9-12-6-7-19(10-13(12)8-14(15)16(20)21)23-17(22)11-4-2-1-3-5-11/h1-5,8-9H,6-7,10H2,(H,20,21). The van der Waals surface area contributed by atoms with Crippen LogP contribution < -0.4 is 0 Å². The fraction of sp³-hybridized carbons (Fsp3) is 0.176. The number of rotatable bonds is 3. The summed E-state index contributed by atoms with van der Waals surface area (Å²) >= 11 is 0. The third kappa shape index (κ3) is 3.22. The van der Waals surface area contributed by atoms with Crippen molar-refractivity contribution in [1.29, 1.82) is 0 Å². The Morgan fingerprint density at radius 2 is 1.87 bits per heavy atom. The molecule has 0 spiro atoms. The molecule has 6 heteroatoms. The molecule has 0 aromatic heterocycles. The quantitative estimate of drug-likeness (QED) is 0.943. The summed E-state index contributed by atoms with van der Waals surface area (Å²) in [5.41, 5.74) is 1.44. The summed E-state index contributed by atoms with van der Waals surface area (Å²) in [5, 5.41) is 10.4. The van der Waals surface area contributed by atoms with Crippen molar-refractivity contribution in [2.45, 2.75) is 13.0 Å². The Labute approximate surface area is 131 Å². The first-order valence-electron chi connectivity index (χ1n) is 7.11. The van der Waals surface area contributed by atoms with Crippen LogP contribution in [-0.2, 0) is 17.8 Å². The highest BCUT2D eigenvalue weighted by molar-refractivity contribution is 5.89. The van der Waals surface area contributed by atoms with Crippen LogP contribution in [0.4, 0.5) is 4.39 Å². The molecule has 0 amide bonds. The third-order valence-corrected chi connectivity index (χ3v) is 3.72. The Bertz CT molecular complexity index is 761. The fourth-order valence-corrected chi connectivity index (χ4v) is 2.54. The molecule has 2 aromatic carbocycles. The number of carboxylic acids is 1. The second-order valence-corrected chi connectivity index (χ2v) is 5.26. The number of hydrogen-bond acceptors (Lipinski definition) is 4. The van der Waals surface area contributed by atoms with Gasteiger partial charge in [0.2, 0.25) is 0 Å². The van der Waals surface area contributed by atoms with Gasteiger partial charge >= 0.3 is 11.9 Å². The van der Waals surface area contributed by atoms with Crippen molar-refractivity contribution in [2.75, 3.05) is 6.54 Å². The molecule has 118 valence electrons. The van der Waals surface area contributed by atoms with Gasteiger partial charge in [-0.05, 0) is 41.8 Å². The van der Waals surface area contributed by atoms with Crippen LogP contribution in [0.5, 0.6) is 0 Å². The Morgan fingerprint density at radius 1 is 1.13 bits per heavy atom. The molecule has 0 aliphatic carbocycles. The van der Waals surface area contributed by atoms with Crippen LogP contribution in [0.15, 0.2) is 42.5 Å². The van der Waals surface area contributed by atoms with Gasteiger partial charge < -0.3 is 9.94 Å². The summed E-state index contributed by atoms with van der Waals surface area (Å²) < 4.78 is 13.7. The molecule has 23 heavy (non-hydrogen) atoms. The molecule has 0 fully saturated rings. The van der Waals surface area contributed by atoms with E-state index in [9.17, 15) is 14.0 Å². The van der Waals surface area contributed by atoms with Gasteiger partial charge in [-0.3, -0.25) is 0 Å². The van der Waals surface area contributed by atoms with E-state index in [1.807, 2.05) is 0 Å². The van der Waals surface area contributed by atoms with Crippen LogP contribution in [0, 0.1) is 5.82 Å². The van der Waals surface area contributed by atoms with Crippen molar-refractivity contribution in [1.82, 2.24) is 5.06 Å². The van der Waals surface area contributed by atoms with Crippen LogP contribution in [0.25, 0.3) is 0 Å². The largest absolute Gasteiger partial charge is 0.478 e. The lowest BCUT2D eigenvalue weighted by atomic mass is 9.98. The maximum Gasteiger partial charge on any atom is 0.357 e. The summed E-state index contributed by atoms with van der Waals surface area (Å²) in [6.45, 7) is 0.659. The van der Waals surface area contributed by atoms with E-state index < -0.39 is 17.8 Å². The maximum absolute atomic E-state index is 13.7. The van der Waals surface area contributed by atoms with E-state index >= 15 is 0 Å². The number of nitrogens with zero attached hydrogens (tertiary/aromatic N) is 1. The fourth-order valence-electron chi connectivity index (χ4n) is 2.54. The summed E-state index contributed by atoms with van der Waals surface area (Å²) in [6, 6.07) is 11.1. The van der Waals surface area contributed by atoms with E-state index in [4.69, 9.17) is 9.94 Å². The number of hydrogen-bond donors (Lipinski definition) is 1. The topological polar surface area (TPSA) is 66.8 Å². The van der Waals surface area contributed by atoms with Gasteiger partial charge in [0.25, 0.3) is 0 Å². The minimum Gasteiger partial charge on any atom is -0.478 e. The van der Waals surface area contributed by atoms with Gasteiger partial charge in [-0.15, -0.1) is 5.06 Å². The summed E-state index contributed by atoms with van der Waals surface area (Å²) in [6.07, 6.45) is 0.480. The van der Waals surface area contributed by atoms with Crippen molar-refractivity contribution in [3.8, 4) is 0 Å². The molecule has 1 aliphatic rings. The highest BCUT2D eigenvalue weighted by atomic mass is 19.1. The summed E-state index contributed by atoms with van der Waals surface area (Å²) in [7, 11) is 0. The first kappa shape index (κ1) is 15.2. The molecule has 1 aliphatic heterocycles. The number of hydroxylamine groups is 2. The zero-order valence-electron chi connectivity index (χ0n) is 12.2. The minimum atomic E-state index is -1.32. The molecule has 1 N–H and O–H groups in total. The predicted molar refractivity (Wildman–Crippen MR) is 79.3 cm³/mol. The molecule has 0 bridgehead atoms. The average Bonchev–Trinajstić information content (AvgIpc) is 2.55. The molecule has 0 saturated heterocycles. The molecular formula is C17H14FNO4. The molecule has 0 atom stereocenters. The number of carboxylic acid groups (broad SMARTS) is 1. The molecule has 0 saturated carbocycles. The van der Waals surface area contributed by atoms with Crippen molar-refractivity contribution >= 4 is 11.9 Å². The number of carbonyl (C=O) groups excluding carboxylic acids is 1. The maximum atomic E-state index is 13.7. The second kappa shape index (κ2) is 6.18. The Morgan fingerprint density at radius 3 is 2.57 bits per heavy atom. The van der Waals surface area contributed by atoms with Gasteiger partial charge in [0, 0.05) is 6.54 Å². The van der Waals surface area contributed by atoms with E-state index in [0.717, 1.165) is 5.56 Å². The van der Waals surface area contributed by atoms with Crippen molar-refractivity contribution in [3.63, 3.8) is 0 Å². The van der Waals surface area contributed by atoms with Crippen LogP contribution in [0.3, 0.4) is 0 Å². The van der Waals surface area contributed by atoms with Crippen molar-refractivity contribution < 1.29 is 23.9 Å². The van der Waals surface area contributed by atoms with Crippen LogP contribution >= 0.6 is 0 Å². The minimum absolute atomic E-state index is 0.231. The van der Waals surface area contributed by atoms with Crippen LogP contribution in [0.1, 0.15) is 31.8 Å². The van der Waals surface area contributed by atoms with E-state index in [0.29, 0.717) is 24.1 Å². The average molecular weight is 315 g/mol. The zero-order valence-corrected chi connectivity index (χ0v) is 12.2. The highest BCUT2D eigenvalue weighted by Gasteiger charge is 2.23. The van der Waals surface area contributed by atoms with Gasteiger partial charge in [-0.1, -0.05) is 18.2 Å². The number of carbonyl (C=O) groups is 2. The first-order valence-corrected chi connectivity index (χ1v) is 7.11. The number of fused-ring (bicyclic) bond motifs is 1. The number of aromatic carboxylic acids is 1. The number of benzene rings is 2. The lowest BCUT2D eigenvalue weighted by Crippen LogP contribution is -2.33. The van der Waals surface area contributed by atoms with Crippen molar-refractivity contribution in [2.24, 2.45) is 0 Å². The van der Waals surface area contributed by atoms with Gasteiger partial charge in [-0.2, -0.15) is 0 Å². The third-order valence-electron chi connectivity index (χ3n) is 3.72. The Kier molecular flexibility index (Phi) is 4.08. The van der Waals surface area contributed by atoms with E-state index in [1.165, 1.54) is 17.2 Å². The molecule has 0 unspecified atom stereocenters. The summed E-state index contributed by atoms with van der Waals surface area (Å²) in [4.78, 5) is 28.4. The van der Waals surface area contributed by atoms with E-state index in [1.54, 1.807) is 30.3 Å². The van der Waals surface area contributed by atoms with Gasteiger partial charge in [0.1, 0.15) is 5.82 Å². The van der Waals surface area contributed by atoms with Gasteiger partial charge in [0.05, 0.1) is 17.7 Å². The van der Waals surface area contributed by atoms with E-state index in [2.05, 4.69) is 0 Å². The molecule has 5 nitrogen and oxygen atoms in total. The monoisotopic (exact) mass is 315 g/mol. The number of halogens is 1. The van der Waals surface area contributed by atoms with Crippen LogP contribution in [-0.4, -0.2) is 28.7 Å². The van der Waals surface area contributed by atoms with Crippen LogP contribution in [0.2, 0.25) is 0 Å². The SMILES string of the molecule is O=C(ON1CCc2cc(F)c(C(=O)O)cc2C1)c1ccccc1.